The molecule has 0 aromatic heterocycles. The molecule has 0 spiro atoms. The van der Waals surface area contributed by atoms with Crippen LogP contribution in [0.25, 0.3) is 0 Å². The number of benzene rings is 1. The zero-order valence-corrected chi connectivity index (χ0v) is 13.8. The lowest BCUT2D eigenvalue weighted by atomic mass is 9.99. The first kappa shape index (κ1) is 16.5. The summed E-state index contributed by atoms with van der Waals surface area (Å²) in [5.74, 6) is 0.0884. The smallest absolute Gasteiger partial charge is 0.154 e. The van der Waals surface area contributed by atoms with Gasteiger partial charge in [-0.2, -0.15) is 0 Å². The Bertz CT molecular complexity index is 582. The van der Waals surface area contributed by atoms with Gasteiger partial charge in [-0.15, -0.1) is 0 Å². The number of aryl methyl sites for hydroxylation is 1. The summed E-state index contributed by atoms with van der Waals surface area (Å²) in [7, 11) is -1.54. The van der Waals surface area contributed by atoms with Crippen molar-refractivity contribution in [3.05, 3.63) is 35.4 Å². The van der Waals surface area contributed by atoms with Gasteiger partial charge >= 0.3 is 0 Å². The van der Waals surface area contributed by atoms with Gasteiger partial charge in [-0.3, -0.25) is 0 Å². The molecule has 3 atom stereocenters. The fourth-order valence-corrected chi connectivity index (χ4v) is 5.56. The maximum absolute atomic E-state index is 12.4. The summed E-state index contributed by atoms with van der Waals surface area (Å²) in [4.78, 5) is 0. The second-order valence-corrected chi connectivity index (χ2v) is 8.23. The third kappa shape index (κ3) is 2.74. The van der Waals surface area contributed by atoms with E-state index in [0.717, 1.165) is 12.0 Å². The van der Waals surface area contributed by atoms with Crippen molar-refractivity contribution in [2.24, 2.45) is 11.1 Å². The molecule has 1 saturated carbocycles. The van der Waals surface area contributed by atoms with Crippen molar-refractivity contribution in [2.75, 3.05) is 26.0 Å². The summed E-state index contributed by atoms with van der Waals surface area (Å²) in [5, 5.41) is -0.424. The number of hydrogen-bond acceptors (Lipinski definition) is 4. The summed E-state index contributed by atoms with van der Waals surface area (Å²) in [5.41, 5.74) is 7.76. The number of rotatable bonds is 7. The molecule has 21 heavy (non-hydrogen) atoms. The lowest BCUT2D eigenvalue weighted by Crippen LogP contribution is -2.28. The Morgan fingerprint density at radius 1 is 1.24 bits per heavy atom. The van der Waals surface area contributed by atoms with Crippen LogP contribution in [0.1, 0.15) is 30.9 Å². The average Bonchev–Trinajstić information content (AvgIpc) is 3.18. The number of hydrogen-bond donors (Lipinski definition) is 1. The summed E-state index contributed by atoms with van der Waals surface area (Å²) >= 11 is 0. The second kappa shape index (κ2) is 6.07. The minimum atomic E-state index is -3.14. The topological polar surface area (TPSA) is 69.4 Å². The third-order valence-electron chi connectivity index (χ3n) is 4.71. The van der Waals surface area contributed by atoms with Crippen LogP contribution in [0.2, 0.25) is 0 Å². The van der Waals surface area contributed by atoms with E-state index < -0.39 is 20.5 Å². The molecule has 0 unspecified atom stereocenters. The van der Waals surface area contributed by atoms with Crippen LogP contribution >= 0.6 is 0 Å². The van der Waals surface area contributed by atoms with Gasteiger partial charge in [-0.1, -0.05) is 38.1 Å². The minimum Gasteiger partial charge on any atom is -0.384 e. The van der Waals surface area contributed by atoms with Gasteiger partial charge in [0.1, 0.15) is 0 Å². The van der Waals surface area contributed by atoms with Crippen LogP contribution in [-0.2, 0) is 21.0 Å². The van der Waals surface area contributed by atoms with E-state index >= 15 is 0 Å². The molecule has 1 aromatic rings. The molecule has 0 radical (unpaired) electrons. The number of nitrogens with two attached hydrogens (primary N) is 1. The molecule has 0 heterocycles. The van der Waals surface area contributed by atoms with Crippen molar-refractivity contribution in [3.8, 4) is 0 Å². The number of ether oxygens (including phenoxy) is 1. The quantitative estimate of drug-likeness (QED) is 0.833. The van der Waals surface area contributed by atoms with Gasteiger partial charge in [0.15, 0.2) is 9.84 Å². The normalized spacial score (nSPS) is 28.6. The minimum absolute atomic E-state index is 0.0571. The van der Waals surface area contributed by atoms with Crippen molar-refractivity contribution in [3.63, 3.8) is 0 Å². The Labute approximate surface area is 127 Å². The van der Waals surface area contributed by atoms with Crippen molar-refractivity contribution in [1.82, 2.24) is 0 Å². The SMILES string of the molecule is CCc1ccc([C@@H]2[C@@H](S(=O)(=O)CC)[C@]2(CN)COC)cc1. The van der Waals surface area contributed by atoms with Crippen molar-refractivity contribution < 1.29 is 13.2 Å². The predicted octanol–water partition coefficient (Wildman–Crippen LogP) is 1.74. The Hall–Kier alpha value is -0.910. The van der Waals surface area contributed by atoms with Gasteiger partial charge in [0.25, 0.3) is 0 Å². The molecule has 0 amide bonds. The molecule has 0 saturated heterocycles. The summed E-state index contributed by atoms with van der Waals surface area (Å²) in [6, 6.07) is 8.21. The fourth-order valence-electron chi connectivity index (χ4n) is 3.41. The van der Waals surface area contributed by atoms with E-state index in [9.17, 15) is 8.42 Å². The molecule has 5 heteroatoms. The van der Waals surface area contributed by atoms with E-state index in [-0.39, 0.29) is 11.7 Å². The first-order chi connectivity index (χ1) is 9.96. The highest BCUT2D eigenvalue weighted by Crippen LogP contribution is 2.62. The van der Waals surface area contributed by atoms with Crippen molar-refractivity contribution in [1.29, 1.82) is 0 Å². The zero-order valence-electron chi connectivity index (χ0n) is 13.0. The molecule has 2 rings (SSSR count). The van der Waals surface area contributed by atoms with Crippen LogP contribution in [0.15, 0.2) is 24.3 Å². The number of methoxy groups -OCH3 is 1. The van der Waals surface area contributed by atoms with E-state index in [4.69, 9.17) is 10.5 Å². The maximum atomic E-state index is 12.4. The Morgan fingerprint density at radius 2 is 1.86 bits per heavy atom. The molecular weight excluding hydrogens is 286 g/mol. The molecule has 2 N–H and O–H groups in total. The van der Waals surface area contributed by atoms with E-state index in [0.29, 0.717) is 13.2 Å². The maximum Gasteiger partial charge on any atom is 0.154 e. The van der Waals surface area contributed by atoms with E-state index in [1.54, 1.807) is 14.0 Å². The van der Waals surface area contributed by atoms with Gasteiger partial charge < -0.3 is 10.5 Å². The van der Waals surface area contributed by atoms with Crippen molar-refractivity contribution in [2.45, 2.75) is 31.4 Å². The first-order valence-corrected chi connectivity index (χ1v) is 9.17. The first-order valence-electron chi connectivity index (χ1n) is 7.46. The highest BCUT2D eigenvalue weighted by molar-refractivity contribution is 7.92. The van der Waals surface area contributed by atoms with E-state index in [1.807, 2.05) is 12.1 Å². The van der Waals surface area contributed by atoms with Gasteiger partial charge in [0.2, 0.25) is 0 Å². The molecule has 1 aliphatic rings. The zero-order chi connectivity index (χ0) is 15.7. The molecule has 0 bridgehead atoms. The van der Waals surface area contributed by atoms with Crippen LogP contribution in [0.4, 0.5) is 0 Å². The molecular formula is C16H25NO3S. The van der Waals surface area contributed by atoms with Crippen LogP contribution < -0.4 is 5.73 Å². The largest absolute Gasteiger partial charge is 0.384 e. The van der Waals surface area contributed by atoms with Crippen LogP contribution in [-0.4, -0.2) is 39.7 Å². The second-order valence-electron chi connectivity index (χ2n) is 5.82. The van der Waals surface area contributed by atoms with Crippen LogP contribution in [0.3, 0.4) is 0 Å². The van der Waals surface area contributed by atoms with Gasteiger partial charge in [-0.05, 0) is 17.5 Å². The lowest BCUT2D eigenvalue weighted by Gasteiger charge is -2.14. The highest BCUT2D eigenvalue weighted by Gasteiger charge is 2.69. The summed E-state index contributed by atoms with van der Waals surface area (Å²) in [6.07, 6.45) is 0.974. The third-order valence-corrected chi connectivity index (χ3v) is 7.03. The summed E-state index contributed by atoms with van der Waals surface area (Å²) in [6.45, 7) is 4.50. The van der Waals surface area contributed by atoms with Crippen molar-refractivity contribution >= 4 is 9.84 Å². The number of sulfone groups is 1. The molecule has 1 aliphatic carbocycles. The monoisotopic (exact) mass is 311 g/mol. The Morgan fingerprint density at radius 3 is 2.29 bits per heavy atom. The van der Waals surface area contributed by atoms with E-state index in [1.165, 1.54) is 5.56 Å². The Balaban J connectivity index is 2.39. The van der Waals surface area contributed by atoms with Gasteiger partial charge in [0, 0.05) is 30.7 Å². The standard InChI is InChI=1S/C16H25NO3S/c1-4-12-6-8-13(9-7-12)14-15(21(18,19)5-2)16(14,10-17)11-20-3/h6-9,14-15H,4-5,10-11,17H2,1-3H3/t14-,15-,16-/m1/s1. The van der Waals surface area contributed by atoms with E-state index in [2.05, 4.69) is 19.1 Å². The molecule has 1 fully saturated rings. The van der Waals surface area contributed by atoms with Gasteiger partial charge in [-0.25, -0.2) is 8.42 Å². The van der Waals surface area contributed by atoms with Crippen LogP contribution in [0, 0.1) is 5.41 Å². The lowest BCUT2D eigenvalue weighted by molar-refractivity contribution is 0.142. The average molecular weight is 311 g/mol. The molecule has 118 valence electrons. The van der Waals surface area contributed by atoms with Crippen LogP contribution in [0.5, 0.6) is 0 Å². The summed E-state index contributed by atoms with van der Waals surface area (Å²) < 4.78 is 30.1. The molecule has 4 nitrogen and oxygen atoms in total. The highest BCUT2D eigenvalue weighted by atomic mass is 32.2. The fraction of sp³-hybridized carbons (Fsp3) is 0.625. The van der Waals surface area contributed by atoms with Gasteiger partial charge in [0.05, 0.1) is 11.9 Å². The predicted molar refractivity (Wildman–Crippen MR) is 85.2 cm³/mol. The molecule has 1 aromatic carbocycles. The molecule has 0 aliphatic heterocycles. The Kier molecular flexibility index (Phi) is 4.76.